The van der Waals surface area contributed by atoms with Crippen molar-refractivity contribution in [1.82, 2.24) is 4.98 Å². The van der Waals surface area contributed by atoms with Crippen molar-refractivity contribution >= 4 is 51.7 Å². The number of hydrogen-bond donors (Lipinski definition) is 2. The van der Waals surface area contributed by atoms with E-state index in [-0.39, 0.29) is 6.42 Å². The summed E-state index contributed by atoms with van der Waals surface area (Å²) in [4.78, 5) is 14.6. The van der Waals surface area contributed by atoms with E-state index in [4.69, 9.17) is 34.8 Å². The molecule has 0 spiro atoms. The smallest absolute Gasteiger partial charge is 0.307 e. The molecular formula is C17H12Cl3NO2. The molecule has 0 saturated carbocycles. The number of rotatable bonds is 3. The molecule has 0 saturated heterocycles. The van der Waals surface area contributed by atoms with Gasteiger partial charge in [-0.1, -0.05) is 53.0 Å². The van der Waals surface area contributed by atoms with Crippen molar-refractivity contribution in [3.63, 3.8) is 0 Å². The first-order chi connectivity index (χ1) is 10.9. The lowest BCUT2D eigenvalue weighted by atomic mass is 10.0. The first kappa shape index (κ1) is 16.2. The van der Waals surface area contributed by atoms with E-state index in [0.29, 0.717) is 37.3 Å². The predicted octanol–water partition coefficient (Wildman–Crippen LogP) is 5.73. The Balaban J connectivity index is 2.40. The number of nitrogens with one attached hydrogen (secondary N) is 1. The van der Waals surface area contributed by atoms with Crippen LogP contribution in [0.4, 0.5) is 0 Å². The summed E-state index contributed by atoms with van der Waals surface area (Å²) >= 11 is 18.7. The van der Waals surface area contributed by atoms with Crippen LogP contribution in [0.5, 0.6) is 0 Å². The fourth-order valence-corrected chi connectivity index (χ4v) is 3.38. The average Bonchev–Trinajstić information content (AvgIpc) is 2.86. The Kier molecular flexibility index (Phi) is 4.28. The highest BCUT2D eigenvalue weighted by Gasteiger charge is 2.21. The highest BCUT2D eigenvalue weighted by Crippen LogP contribution is 2.40. The SMILES string of the molecule is Cc1ccc(Cl)c2c(CC(=O)O)c(-c3cccc(Cl)c3Cl)[nH]c12. The van der Waals surface area contributed by atoms with Gasteiger partial charge in [0.15, 0.2) is 0 Å². The van der Waals surface area contributed by atoms with Gasteiger partial charge in [-0.05, 0) is 30.2 Å². The number of aromatic amines is 1. The van der Waals surface area contributed by atoms with Crippen LogP contribution in [-0.4, -0.2) is 16.1 Å². The van der Waals surface area contributed by atoms with Gasteiger partial charge in [0.1, 0.15) is 0 Å². The molecule has 23 heavy (non-hydrogen) atoms. The first-order valence-corrected chi connectivity index (χ1v) is 7.99. The Morgan fingerprint density at radius 2 is 1.87 bits per heavy atom. The Labute approximate surface area is 147 Å². The standard InChI is InChI=1S/C17H12Cl3NO2/c1-8-5-6-11(18)14-10(7-13(22)23)17(21-16(8)14)9-3-2-4-12(19)15(9)20/h2-6,21H,7H2,1H3,(H,22,23). The number of carbonyl (C=O) groups is 1. The Hall–Kier alpha value is -1.68. The third kappa shape index (κ3) is 2.80. The van der Waals surface area contributed by atoms with Crippen molar-refractivity contribution < 1.29 is 9.90 Å². The maximum atomic E-state index is 11.3. The van der Waals surface area contributed by atoms with Crippen molar-refractivity contribution in [3.8, 4) is 11.3 Å². The monoisotopic (exact) mass is 367 g/mol. The molecule has 0 aliphatic heterocycles. The van der Waals surface area contributed by atoms with Crippen molar-refractivity contribution in [2.45, 2.75) is 13.3 Å². The molecule has 0 aliphatic rings. The van der Waals surface area contributed by atoms with Crippen molar-refractivity contribution in [1.29, 1.82) is 0 Å². The first-order valence-electron chi connectivity index (χ1n) is 6.86. The molecule has 0 amide bonds. The Morgan fingerprint density at radius 1 is 1.13 bits per heavy atom. The molecule has 118 valence electrons. The van der Waals surface area contributed by atoms with Crippen LogP contribution >= 0.6 is 34.8 Å². The molecule has 0 fully saturated rings. The number of carboxylic acid groups (broad SMARTS) is 1. The van der Waals surface area contributed by atoms with Gasteiger partial charge in [-0.2, -0.15) is 0 Å². The van der Waals surface area contributed by atoms with Gasteiger partial charge in [0.05, 0.1) is 32.7 Å². The van der Waals surface area contributed by atoms with Gasteiger partial charge in [0.2, 0.25) is 0 Å². The van der Waals surface area contributed by atoms with Crippen LogP contribution in [0.1, 0.15) is 11.1 Å². The van der Waals surface area contributed by atoms with Gasteiger partial charge in [0.25, 0.3) is 0 Å². The van der Waals surface area contributed by atoms with Gasteiger partial charge in [-0.15, -0.1) is 0 Å². The molecule has 6 heteroatoms. The van der Waals surface area contributed by atoms with Crippen LogP contribution in [0.15, 0.2) is 30.3 Å². The number of aromatic nitrogens is 1. The molecule has 1 heterocycles. The predicted molar refractivity (Wildman–Crippen MR) is 94.8 cm³/mol. The molecule has 3 nitrogen and oxygen atoms in total. The number of aryl methyl sites for hydroxylation is 1. The molecule has 3 rings (SSSR count). The topological polar surface area (TPSA) is 53.1 Å². The molecule has 0 unspecified atom stereocenters. The average molecular weight is 369 g/mol. The number of aliphatic carboxylic acids is 1. The number of halogens is 3. The number of H-pyrrole nitrogens is 1. The lowest BCUT2D eigenvalue weighted by Gasteiger charge is -2.07. The van der Waals surface area contributed by atoms with Gasteiger partial charge in [-0.25, -0.2) is 0 Å². The Morgan fingerprint density at radius 3 is 2.57 bits per heavy atom. The van der Waals surface area contributed by atoms with Crippen LogP contribution in [0.25, 0.3) is 22.2 Å². The fourth-order valence-electron chi connectivity index (χ4n) is 2.72. The van der Waals surface area contributed by atoms with E-state index < -0.39 is 5.97 Å². The lowest BCUT2D eigenvalue weighted by Crippen LogP contribution is -2.01. The number of carboxylic acids is 1. The van der Waals surface area contributed by atoms with E-state index >= 15 is 0 Å². The van der Waals surface area contributed by atoms with Gasteiger partial charge in [-0.3, -0.25) is 4.79 Å². The normalized spacial score (nSPS) is 11.1. The van der Waals surface area contributed by atoms with Crippen LogP contribution in [0, 0.1) is 6.92 Å². The van der Waals surface area contributed by atoms with Gasteiger partial charge in [0, 0.05) is 10.9 Å². The molecule has 0 bridgehead atoms. The van der Waals surface area contributed by atoms with Crippen LogP contribution in [0.2, 0.25) is 15.1 Å². The zero-order valence-electron chi connectivity index (χ0n) is 12.1. The van der Waals surface area contributed by atoms with Gasteiger partial charge >= 0.3 is 5.97 Å². The fraction of sp³-hybridized carbons (Fsp3) is 0.118. The zero-order chi connectivity index (χ0) is 16.7. The third-order valence-electron chi connectivity index (χ3n) is 3.77. The van der Waals surface area contributed by atoms with Crippen molar-refractivity contribution in [2.24, 2.45) is 0 Å². The maximum Gasteiger partial charge on any atom is 0.307 e. The second kappa shape index (κ2) is 6.08. The third-order valence-corrected chi connectivity index (χ3v) is 4.90. The van der Waals surface area contributed by atoms with Crippen LogP contribution in [0.3, 0.4) is 0 Å². The summed E-state index contributed by atoms with van der Waals surface area (Å²) in [6.45, 7) is 1.93. The number of fused-ring (bicyclic) bond motifs is 1. The highest BCUT2D eigenvalue weighted by atomic mass is 35.5. The number of hydrogen-bond acceptors (Lipinski definition) is 1. The molecule has 0 aliphatic carbocycles. The number of benzene rings is 2. The second-order valence-corrected chi connectivity index (χ2v) is 6.46. The zero-order valence-corrected chi connectivity index (χ0v) is 14.4. The molecular weight excluding hydrogens is 357 g/mol. The van der Waals surface area contributed by atoms with Gasteiger partial charge < -0.3 is 10.1 Å². The van der Waals surface area contributed by atoms with Crippen molar-refractivity contribution in [3.05, 3.63) is 56.5 Å². The van der Waals surface area contributed by atoms with E-state index in [1.807, 2.05) is 13.0 Å². The minimum Gasteiger partial charge on any atom is -0.481 e. The summed E-state index contributed by atoms with van der Waals surface area (Å²) in [6, 6.07) is 8.91. The summed E-state index contributed by atoms with van der Waals surface area (Å²) < 4.78 is 0. The summed E-state index contributed by atoms with van der Waals surface area (Å²) in [6.07, 6.45) is -0.165. The minimum absolute atomic E-state index is 0.165. The Bertz CT molecular complexity index is 931. The molecule has 3 aromatic rings. The van der Waals surface area contributed by atoms with Crippen LogP contribution in [-0.2, 0) is 11.2 Å². The van der Waals surface area contributed by atoms with E-state index in [0.717, 1.165) is 11.1 Å². The van der Waals surface area contributed by atoms with E-state index in [9.17, 15) is 9.90 Å². The molecule has 1 aromatic heterocycles. The summed E-state index contributed by atoms with van der Waals surface area (Å²) in [7, 11) is 0. The van der Waals surface area contributed by atoms with E-state index in [1.165, 1.54) is 0 Å². The lowest BCUT2D eigenvalue weighted by molar-refractivity contribution is -0.136. The molecule has 2 aromatic carbocycles. The second-order valence-electron chi connectivity index (χ2n) is 5.26. The van der Waals surface area contributed by atoms with E-state index in [1.54, 1.807) is 24.3 Å². The largest absolute Gasteiger partial charge is 0.481 e. The molecule has 0 radical (unpaired) electrons. The highest BCUT2D eigenvalue weighted by molar-refractivity contribution is 6.44. The van der Waals surface area contributed by atoms with E-state index in [2.05, 4.69) is 4.98 Å². The van der Waals surface area contributed by atoms with Crippen LogP contribution < -0.4 is 0 Å². The summed E-state index contributed by atoms with van der Waals surface area (Å²) in [5.74, 6) is -0.942. The van der Waals surface area contributed by atoms with Crippen molar-refractivity contribution in [2.75, 3.05) is 0 Å². The maximum absolute atomic E-state index is 11.3. The minimum atomic E-state index is -0.942. The molecule has 0 atom stereocenters. The summed E-state index contributed by atoms with van der Waals surface area (Å²) in [5.41, 5.74) is 3.67. The molecule has 2 N–H and O–H groups in total. The summed E-state index contributed by atoms with van der Waals surface area (Å²) in [5, 5.41) is 11.3. The quantitative estimate of drug-likeness (QED) is 0.620.